The summed E-state index contributed by atoms with van der Waals surface area (Å²) in [5.41, 5.74) is 8.81. The van der Waals surface area contributed by atoms with E-state index < -0.39 is 5.41 Å². The van der Waals surface area contributed by atoms with Crippen molar-refractivity contribution in [2.75, 3.05) is 32.8 Å². The lowest BCUT2D eigenvalue weighted by Gasteiger charge is -2.36. The quantitative estimate of drug-likeness (QED) is 0.0649. The molecule has 0 aliphatic carbocycles. The van der Waals surface area contributed by atoms with Gasteiger partial charge in [0.2, 0.25) is 5.91 Å². The van der Waals surface area contributed by atoms with E-state index >= 15 is 0 Å². The maximum Gasteiger partial charge on any atom is 0.234 e. The molecule has 2 N–H and O–H groups in total. The number of para-hydroxylation sites is 1. The van der Waals surface area contributed by atoms with Gasteiger partial charge in [-0.2, -0.15) is 0 Å². The minimum Gasteiger partial charge on any atom is -0.490 e. The highest BCUT2D eigenvalue weighted by molar-refractivity contribution is 14.1. The number of carbonyl (C=O) groups excluding carboxylic acids is 2. The van der Waals surface area contributed by atoms with Gasteiger partial charge in [0.25, 0.3) is 0 Å². The Hall–Kier alpha value is -3.04. The van der Waals surface area contributed by atoms with E-state index in [1.54, 1.807) is 6.20 Å². The van der Waals surface area contributed by atoms with Crippen LogP contribution >= 0.6 is 57.6 Å². The van der Waals surface area contributed by atoms with E-state index in [1.165, 1.54) is 0 Å². The lowest BCUT2D eigenvalue weighted by atomic mass is 9.73. The summed E-state index contributed by atoms with van der Waals surface area (Å²) in [6, 6.07) is 27.9. The molecule has 2 heterocycles. The van der Waals surface area contributed by atoms with Crippen LogP contribution < -0.4 is 10.5 Å². The fraction of sp³-hybridized carbons (Fsp3) is 0.413. The first-order chi connectivity index (χ1) is 26.9. The number of nitrogens with zero attached hydrogens (tertiary/aromatic N) is 3. The number of aromatic nitrogens is 1. The summed E-state index contributed by atoms with van der Waals surface area (Å²) < 4.78 is 14.1. The number of unbranched alkanes of at least 4 members (excludes halogenated alkanes) is 1. The molecule has 0 bridgehead atoms. The smallest absolute Gasteiger partial charge is 0.234 e. The van der Waals surface area contributed by atoms with Gasteiger partial charge in [-0.05, 0) is 135 Å². The van der Waals surface area contributed by atoms with E-state index in [-0.39, 0.29) is 24.1 Å². The summed E-state index contributed by atoms with van der Waals surface area (Å²) in [6.07, 6.45) is 5.14. The zero-order valence-electron chi connectivity index (χ0n) is 34.4. The van der Waals surface area contributed by atoms with Crippen molar-refractivity contribution in [3.63, 3.8) is 0 Å². The summed E-state index contributed by atoms with van der Waals surface area (Å²) in [5, 5.41) is 0.892. The molecule has 8 nitrogen and oxygen atoms in total. The number of carbonyl (C=O) groups is 2. The van der Waals surface area contributed by atoms with Gasteiger partial charge >= 0.3 is 0 Å². The first-order valence-corrected chi connectivity index (χ1v) is 22.0. The number of fused-ring (bicyclic) bond motifs is 1. The molecule has 2 aromatic heterocycles. The molecule has 0 aliphatic heterocycles. The third-order valence-electron chi connectivity index (χ3n) is 10.3. The van der Waals surface area contributed by atoms with Crippen LogP contribution in [0.2, 0.25) is 0 Å². The van der Waals surface area contributed by atoms with Crippen LogP contribution in [0.3, 0.4) is 0 Å². The summed E-state index contributed by atoms with van der Waals surface area (Å²) in [5.74, 6) is 1.30. The van der Waals surface area contributed by atoms with Gasteiger partial charge in [-0.25, -0.2) is 0 Å². The molecule has 0 fully saturated rings. The number of ketones is 1. The second kappa shape index (κ2) is 23.5. The lowest BCUT2D eigenvalue weighted by Crippen LogP contribution is -2.47. The third-order valence-corrected chi connectivity index (χ3v) is 11.9. The van der Waals surface area contributed by atoms with E-state index in [1.807, 2.05) is 84.9 Å². The van der Waals surface area contributed by atoms with Crippen molar-refractivity contribution in [3.8, 4) is 5.75 Å². The molecule has 5 aromatic rings. The molecule has 1 amide bonds. The Labute approximate surface area is 373 Å². The highest BCUT2D eigenvalue weighted by atomic mass is 127. The number of ether oxygens (including phenoxy) is 1. The minimum absolute atomic E-state index is 0. The normalized spacial score (nSPS) is 12.4. The molecular weight excluding hydrogens is 962 g/mol. The maximum absolute atomic E-state index is 13.6. The van der Waals surface area contributed by atoms with Crippen LogP contribution in [-0.2, 0) is 16.6 Å². The number of benzene rings is 3. The standard InChI is InChI=1S/C25H29I2NO3.C21H29N3O.ClH/c1-4-7-11-22-23(18-10-8-9-12-21(18)31-22)24(29)17-15-19(26)25(20(27)16-17)30-14-13-28(5-2)6-3;1-16(2)24(17(3)4)15-13-21(20(22)25,18-10-6-5-7-11-18)19-12-8-9-14-23-19;/h8-10,12,15-16H,4-7,11,13-14H2,1-3H3;5-12,14,16-17H,13,15H2,1-4H3,(H2,22,25);1H. The van der Waals surface area contributed by atoms with Crippen LogP contribution in [0.5, 0.6) is 5.75 Å². The predicted molar refractivity (Wildman–Crippen MR) is 253 cm³/mol. The van der Waals surface area contributed by atoms with Gasteiger partial charge < -0.3 is 19.8 Å². The molecule has 0 radical (unpaired) electrons. The summed E-state index contributed by atoms with van der Waals surface area (Å²) in [7, 11) is 0. The van der Waals surface area contributed by atoms with E-state index in [0.29, 0.717) is 41.9 Å². The zero-order valence-corrected chi connectivity index (χ0v) is 39.5. The van der Waals surface area contributed by atoms with Crippen LogP contribution in [0.25, 0.3) is 11.0 Å². The van der Waals surface area contributed by atoms with E-state index in [9.17, 15) is 9.59 Å². The largest absolute Gasteiger partial charge is 0.490 e. The molecule has 1 unspecified atom stereocenters. The van der Waals surface area contributed by atoms with E-state index in [4.69, 9.17) is 14.9 Å². The number of halogens is 3. The molecule has 57 heavy (non-hydrogen) atoms. The number of aryl methyl sites for hydroxylation is 1. The minimum atomic E-state index is -0.926. The number of likely N-dealkylation sites (N-methyl/N-ethyl adjacent to an activating group) is 1. The molecule has 0 saturated heterocycles. The van der Waals surface area contributed by atoms with Crippen molar-refractivity contribution in [1.82, 2.24) is 14.8 Å². The highest BCUT2D eigenvalue weighted by Gasteiger charge is 2.42. The topological polar surface area (TPSA) is 102 Å². The average molecular weight is 1020 g/mol. The van der Waals surface area contributed by atoms with Gasteiger partial charge in [-0.15, -0.1) is 12.4 Å². The number of amides is 1. The Morgan fingerprint density at radius 2 is 1.47 bits per heavy atom. The molecule has 308 valence electrons. The number of rotatable bonds is 19. The fourth-order valence-electron chi connectivity index (χ4n) is 7.21. The Morgan fingerprint density at radius 1 is 0.860 bits per heavy atom. The number of pyridine rings is 1. The number of hydrogen-bond donors (Lipinski definition) is 1. The first-order valence-electron chi connectivity index (χ1n) is 19.8. The van der Waals surface area contributed by atoms with Crippen LogP contribution in [0, 0.1) is 7.14 Å². The summed E-state index contributed by atoms with van der Waals surface area (Å²) >= 11 is 4.54. The molecule has 3 aromatic carbocycles. The molecule has 5 rings (SSSR count). The molecule has 0 saturated carbocycles. The van der Waals surface area contributed by atoms with Crippen molar-refractivity contribution in [1.29, 1.82) is 0 Å². The fourth-order valence-corrected chi connectivity index (χ4v) is 9.29. The second-order valence-electron chi connectivity index (χ2n) is 14.5. The molecule has 1 atom stereocenters. The van der Waals surface area contributed by atoms with Gasteiger partial charge in [-0.1, -0.05) is 81.8 Å². The van der Waals surface area contributed by atoms with Crippen LogP contribution in [-0.4, -0.2) is 71.3 Å². The van der Waals surface area contributed by atoms with Gasteiger partial charge in [0, 0.05) is 48.7 Å². The maximum atomic E-state index is 13.6. The highest BCUT2D eigenvalue weighted by Crippen LogP contribution is 2.36. The van der Waals surface area contributed by atoms with Crippen LogP contribution in [0.15, 0.2) is 95.5 Å². The average Bonchev–Trinajstić information content (AvgIpc) is 3.56. The van der Waals surface area contributed by atoms with Gasteiger partial charge in [0.05, 0.1) is 18.4 Å². The summed E-state index contributed by atoms with van der Waals surface area (Å²) in [6.45, 7) is 19.5. The van der Waals surface area contributed by atoms with Crippen molar-refractivity contribution in [3.05, 3.63) is 126 Å². The second-order valence-corrected chi connectivity index (χ2v) is 16.8. The first kappa shape index (κ1) is 48.3. The summed E-state index contributed by atoms with van der Waals surface area (Å²) in [4.78, 5) is 35.5. The van der Waals surface area contributed by atoms with Crippen LogP contribution in [0.1, 0.15) is 101 Å². The number of furan rings is 1. The monoisotopic (exact) mass is 1020 g/mol. The number of hydrogen-bond acceptors (Lipinski definition) is 7. The Balaban J connectivity index is 0.000000307. The van der Waals surface area contributed by atoms with Crippen LogP contribution in [0.4, 0.5) is 0 Å². The van der Waals surface area contributed by atoms with Crippen molar-refractivity contribution < 1.29 is 18.7 Å². The number of primary amides is 1. The predicted octanol–water partition coefficient (Wildman–Crippen LogP) is 10.7. The van der Waals surface area contributed by atoms with Crippen molar-refractivity contribution >= 4 is 80.2 Å². The Morgan fingerprint density at radius 3 is 2.04 bits per heavy atom. The van der Waals surface area contributed by atoms with Crippen molar-refractivity contribution in [2.45, 2.75) is 91.6 Å². The van der Waals surface area contributed by atoms with E-state index in [0.717, 1.165) is 80.6 Å². The van der Waals surface area contributed by atoms with Crippen molar-refractivity contribution in [2.24, 2.45) is 5.73 Å². The molecular formula is C46H59ClI2N4O4. The Bertz CT molecular complexity index is 1930. The van der Waals surface area contributed by atoms with Gasteiger partial charge in [0.1, 0.15) is 29.1 Å². The molecule has 0 spiro atoms. The van der Waals surface area contributed by atoms with Gasteiger partial charge in [-0.3, -0.25) is 19.5 Å². The SMILES string of the molecule is CC(C)N(CCC(C(N)=O)(c1ccccc1)c1ccccn1)C(C)C.CCCCc1oc2ccccc2c1C(=O)c1cc(I)c(OCCN(CC)CC)c(I)c1.Cl. The third kappa shape index (κ3) is 12.2. The lowest BCUT2D eigenvalue weighted by molar-refractivity contribution is -0.122. The number of nitrogens with two attached hydrogens (primary N) is 1. The van der Waals surface area contributed by atoms with Gasteiger partial charge in [0.15, 0.2) is 5.78 Å². The Kier molecular flexibility index (Phi) is 19.9. The van der Waals surface area contributed by atoms with E-state index in [2.05, 4.69) is 108 Å². The zero-order chi connectivity index (χ0) is 40.8. The molecule has 0 aliphatic rings. The molecule has 11 heteroatoms.